The SMILES string of the molecule is CCNC(=NCC(C)N1CCOCC1)NC1CCN(C(=O)CC)C1.I. The lowest BCUT2D eigenvalue weighted by atomic mass is 10.2. The molecule has 0 radical (unpaired) electrons. The molecular formula is C17H34IN5O2. The van der Waals surface area contributed by atoms with Crippen LogP contribution in [0.2, 0.25) is 0 Å². The molecule has 2 N–H and O–H groups in total. The minimum absolute atomic E-state index is 0. The molecule has 0 aromatic carbocycles. The van der Waals surface area contributed by atoms with E-state index in [1.807, 2.05) is 11.8 Å². The summed E-state index contributed by atoms with van der Waals surface area (Å²) in [6.07, 6.45) is 1.56. The molecule has 0 aromatic rings. The van der Waals surface area contributed by atoms with Crippen LogP contribution in [-0.2, 0) is 9.53 Å². The number of likely N-dealkylation sites (tertiary alicyclic amines) is 1. The number of hydrogen-bond acceptors (Lipinski definition) is 4. The van der Waals surface area contributed by atoms with Gasteiger partial charge in [-0.15, -0.1) is 24.0 Å². The topological polar surface area (TPSA) is 69.2 Å². The predicted molar refractivity (Wildman–Crippen MR) is 112 cm³/mol. The van der Waals surface area contributed by atoms with Gasteiger partial charge < -0.3 is 20.3 Å². The summed E-state index contributed by atoms with van der Waals surface area (Å²) >= 11 is 0. The van der Waals surface area contributed by atoms with Gasteiger partial charge in [0.2, 0.25) is 5.91 Å². The normalized spacial score (nSPS) is 23.1. The molecule has 7 nitrogen and oxygen atoms in total. The van der Waals surface area contributed by atoms with E-state index in [0.717, 1.165) is 64.9 Å². The number of hydrogen-bond donors (Lipinski definition) is 2. The Labute approximate surface area is 169 Å². The van der Waals surface area contributed by atoms with Crippen molar-refractivity contribution in [1.82, 2.24) is 20.4 Å². The van der Waals surface area contributed by atoms with E-state index in [0.29, 0.717) is 12.5 Å². The highest BCUT2D eigenvalue weighted by atomic mass is 127. The van der Waals surface area contributed by atoms with Crippen molar-refractivity contribution in [2.45, 2.75) is 45.7 Å². The van der Waals surface area contributed by atoms with E-state index in [4.69, 9.17) is 9.73 Å². The van der Waals surface area contributed by atoms with Crippen molar-refractivity contribution < 1.29 is 9.53 Å². The zero-order chi connectivity index (χ0) is 17.4. The Balaban J connectivity index is 0.00000312. The Hall–Kier alpha value is -0.610. The highest BCUT2D eigenvalue weighted by Gasteiger charge is 2.26. The van der Waals surface area contributed by atoms with Crippen LogP contribution in [0.3, 0.4) is 0 Å². The molecule has 8 heteroatoms. The van der Waals surface area contributed by atoms with Crippen molar-refractivity contribution in [3.05, 3.63) is 0 Å². The summed E-state index contributed by atoms with van der Waals surface area (Å²) in [6.45, 7) is 13.0. The maximum atomic E-state index is 11.8. The van der Waals surface area contributed by atoms with Crippen molar-refractivity contribution in [3.8, 4) is 0 Å². The number of ether oxygens (including phenoxy) is 1. The molecule has 2 aliphatic rings. The third-order valence-corrected chi connectivity index (χ3v) is 4.71. The Kier molecular flexibility index (Phi) is 10.7. The van der Waals surface area contributed by atoms with E-state index in [9.17, 15) is 4.79 Å². The standard InChI is InChI=1S/C17H33N5O2.HI/c1-4-16(23)22-7-6-15(13-22)20-17(18-5-2)19-12-14(3)21-8-10-24-11-9-21;/h14-15H,4-13H2,1-3H3,(H2,18,19,20);1H. The first kappa shape index (κ1) is 22.4. The lowest BCUT2D eigenvalue weighted by molar-refractivity contribution is -0.129. The lowest BCUT2D eigenvalue weighted by Gasteiger charge is -2.31. The monoisotopic (exact) mass is 467 g/mol. The summed E-state index contributed by atoms with van der Waals surface area (Å²) in [4.78, 5) is 20.9. The average Bonchev–Trinajstić information content (AvgIpc) is 3.08. The molecule has 2 atom stereocenters. The van der Waals surface area contributed by atoms with E-state index in [2.05, 4.69) is 29.4 Å². The van der Waals surface area contributed by atoms with Crippen LogP contribution >= 0.6 is 24.0 Å². The molecule has 0 spiro atoms. The second-order valence-electron chi connectivity index (χ2n) is 6.54. The molecule has 0 bridgehead atoms. The van der Waals surface area contributed by atoms with Gasteiger partial charge in [-0.25, -0.2) is 0 Å². The molecule has 0 saturated carbocycles. The zero-order valence-corrected chi connectivity index (χ0v) is 18.1. The van der Waals surface area contributed by atoms with E-state index < -0.39 is 0 Å². The largest absolute Gasteiger partial charge is 0.379 e. The molecule has 2 rings (SSSR count). The lowest BCUT2D eigenvalue weighted by Crippen LogP contribution is -2.47. The summed E-state index contributed by atoms with van der Waals surface area (Å²) in [7, 11) is 0. The van der Waals surface area contributed by atoms with Crippen molar-refractivity contribution in [1.29, 1.82) is 0 Å². The summed E-state index contributed by atoms with van der Waals surface area (Å²) < 4.78 is 5.41. The Bertz CT molecular complexity index is 429. The number of nitrogens with one attached hydrogen (secondary N) is 2. The van der Waals surface area contributed by atoms with Crippen LogP contribution in [0.1, 0.15) is 33.6 Å². The van der Waals surface area contributed by atoms with Gasteiger partial charge in [0.15, 0.2) is 5.96 Å². The van der Waals surface area contributed by atoms with E-state index in [1.165, 1.54) is 0 Å². The number of guanidine groups is 1. The van der Waals surface area contributed by atoms with E-state index >= 15 is 0 Å². The summed E-state index contributed by atoms with van der Waals surface area (Å²) in [5.41, 5.74) is 0. The fourth-order valence-corrected chi connectivity index (χ4v) is 3.20. The number of carbonyl (C=O) groups is 1. The Morgan fingerprint density at radius 3 is 2.64 bits per heavy atom. The van der Waals surface area contributed by atoms with Crippen LogP contribution in [0.25, 0.3) is 0 Å². The van der Waals surface area contributed by atoms with Crippen molar-refractivity contribution >= 4 is 35.8 Å². The van der Waals surface area contributed by atoms with Crippen LogP contribution < -0.4 is 10.6 Å². The zero-order valence-electron chi connectivity index (χ0n) is 15.8. The first-order chi connectivity index (χ1) is 11.6. The number of halogens is 1. The molecule has 0 aliphatic carbocycles. The maximum Gasteiger partial charge on any atom is 0.222 e. The fraction of sp³-hybridized carbons (Fsp3) is 0.882. The van der Waals surface area contributed by atoms with Gasteiger partial charge in [-0.2, -0.15) is 0 Å². The van der Waals surface area contributed by atoms with Crippen LogP contribution in [0.15, 0.2) is 4.99 Å². The summed E-state index contributed by atoms with van der Waals surface area (Å²) in [6, 6.07) is 0.697. The van der Waals surface area contributed by atoms with Crippen molar-refractivity contribution in [2.75, 3.05) is 52.5 Å². The number of morpholine rings is 1. The van der Waals surface area contributed by atoms with Gasteiger partial charge >= 0.3 is 0 Å². The molecule has 0 aromatic heterocycles. The number of rotatable bonds is 6. The molecule has 2 unspecified atom stereocenters. The molecule has 2 saturated heterocycles. The highest BCUT2D eigenvalue weighted by Crippen LogP contribution is 2.10. The number of amides is 1. The first-order valence-electron chi connectivity index (χ1n) is 9.28. The quantitative estimate of drug-likeness (QED) is 0.345. The van der Waals surface area contributed by atoms with Crippen LogP contribution in [-0.4, -0.2) is 86.2 Å². The fourth-order valence-electron chi connectivity index (χ4n) is 3.20. The van der Waals surface area contributed by atoms with Gasteiger partial charge in [-0.3, -0.25) is 14.7 Å². The van der Waals surface area contributed by atoms with Crippen LogP contribution in [0, 0.1) is 0 Å². The van der Waals surface area contributed by atoms with Gasteiger partial charge in [0, 0.05) is 51.2 Å². The smallest absolute Gasteiger partial charge is 0.222 e. The summed E-state index contributed by atoms with van der Waals surface area (Å²) in [5.74, 6) is 1.09. The molecule has 2 fully saturated rings. The second kappa shape index (κ2) is 11.9. The molecule has 2 aliphatic heterocycles. The maximum absolute atomic E-state index is 11.8. The Morgan fingerprint density at radius 2 is 2.00 bits per heavy atom. The number of aliphatic imine (C=N–C) groups is 1. The van der Waals surface area contributed by atoms with Crippen molar-refractivity contribution in [3.63, 3.8) is 0 Å². The van der Waals surface area contributed by atoms with Gasteiger partial charge in [-0.05, 0) is 20.3 Å². The average molecular weight is 467 g/mol. The molecule has 2 heterocycles. The molecule has 146 valence electrons. The molecule has 25 heavy (non-hydrogen) atoms. The van der Waals surface area contributed by atoms with E-state index in [-0.39, 0.29) is 35.9 Å². The minimum Gasteiger partial charge on any atom is -0.379 e. The first-order valence-corrected chi connectivity index (χ1v) is 9.28. The van der Waals surface area contributed by atoms with Gasteiger partial charge in [-0.1, -0.05) is 6.92 Å². The molecular weight excluding hydrogens is 433 g/mol. The number of nitrogens with zero attached hydrogens (tertiary/aromatic N) is 3. The number of carbonyl (C=O) groups excluding carboxylic acids is 1. The van der Waals surface area contributed by atoms with Crippen molar-refractivity contribution in [2.24, 2.45) is 4.99 Å². The predicted octanol–water partition coefficient (Wildman–Crippen LogP) is 0.891. The van der Waals surface area contributed by atoms with Crippen LogP contribution in [0.4, 0.5) is 0 Å². The van der Waals surface area contributed by atoms with E-state index in [1.54, 1.807) is 0 Å². The highest BCUT2D eigenvalue weighted by molar-refractivity contribution is 14.0. The Morgan fingerprint density at radius 1 is 1.28 bits per heavy atom. The third kappa shape index (κ3) is 7.26. The third-order valence-electron chi connectivity index (χ3n) is 4.71. The minimum atomic E-state index is 0. The second-order valence-corrected chi connectivity index (χ2v) is 6.54. The molecule has 1 amide bonds. The van der Waals surface area contributed by atoms with Crippen LogP contribution in [0.5, 0.6) is 0 Å². The van der Waals surface area contributed by atoms with Gasteiger partial charge in [0.25, 0.3) is 0 Å². The van der Waals surface area contributed by atoms with Gasteiger partial charge in [0.1, 0.15) is 0 Å². The summed E-state index contributed by atoms with van der Waals surface area (Å²) in [5, 5.41) is 6.80. The van der Waals surface area contributed by atoms with Gasteiger partial charge in [0.05, 0.1) is 19.8 Å².